The number of benzene rings is 2. The van der Waals surface area contributed by atoms with Gasteiger partial charge in [0.15, 0.2) is 0 Å². The van der Waals surface area contributed by atoms with Gasteiger partial charge in [-0.15, -0.1) is 0 Å². The minimum Gasteiger partial charge on any atom is -0.489 e. The topological polar surface area (TPSA) is 46.5 Å². The Kier molecular flexibility index (Phi) is 3.57. The highest BCUT2D eigenvalue weighted by molar-refractivity contribution is 5.87. The van der Waals surface area contributed by atoms with Crippen LogP contribution in [0.4, 0.5) is 4.39 Å². The largest absolute Gasteiger partial charge is 0.489 e. The first-order valence-electron chi connectivity index (χ1n) is 5.36. The third-order valence-corrected chi connectivity index (χ3v) is 2.40. The second-order valence-corrected chi connectivity index (χ2v) is 3.75. The molecule has 0 aromatic heterocycles. The molecule has 4 heteroatoms. The summed E-state index contributed by atoms with van der Waals surface area (Å²) in [6.07, 6.45) is 0. The summed E-state index contributed by atoms with van der Waals surface area (Å²) in [6.45, 7) is 0.267. The van der Waals surface area contributed by atoms with Gasteiger partial charge < -0.3 is 9.84 Å². The van der Waals surface area contributed by atoms with Gasteiger partial charge in [0.25, 0.3) is 0 Å². The summed E-state index contributed by atoms with van der Waals surface area (Å²) >= 11 is 0. The molecule has 0 spiro atoms. The summed E-state index contributed by atoms with van der Waals surface area (Å²) in [7, 11) is 0. The molecule has 1 N–H and O–H groups in total. The van der Waals surface area contributed by atoms with Gasteiger partial charge in [0.2, 0.25) is 0 Å². The summed E-state index contributed by atoms with van der Waals surface area (Å²) in [4.78, 5) is 10.7. The summed E-state index contributed by atoms with van der Waals surface area (Å²) < 4.78 is 18.3. The van der Waals surface area contributed by atoms with Crippen LogP contribution in [-0.4, -0.2) is 11.1 Å². The van der Waals surface area contributed by atoms with Crippen molar-refractivity contribution < 1.29 is 19.0 Å². The summed E-state index contributed by atoms with van der Waals surface area (Å²) in [5.74, 6) is -0.876. The predicted molar refractivity (Wildman–Crippen MR) is 64.1 cm³/mol. The third kappa shape index (κ3) is 3.07. The average Bonchev–Trinajstić information content (AvgIpc) is 2.37. The molecule has 0 fully saturated rings. The van der Waals surface area contributed by atoms with E-state index in [2.05, 4.69) is 0 Å². The molecule has 92 valence electrons. The zero-order chi connectivity index (χ0) is 13.0. The van der Waals surface area contributed by atoms with Crippen molar-refractivity contribution in [1.82, 2.24) is 0 Å². The fourth-order valence-electron chi connectivity index (χ4n) is 1.47. The van der Waals surface area contributed by atoms with Crippen molar-refractivity contribution in [1.29, 1.82) is 0 Å². The molecule has 0 aliphatic heterocycles. The maximum atomic E-state index is 12.9. The van der Waals surface area contributed by atoms with Crippen LogP contribution in [0.3, 0.4) is 0 Å². The second kappa shape index (κ2) is 5.31. The van der Waals surface area contributed by atoms with E-state index in [0.29, 0.717) is 5.75 Å². The van der Waals surface area contributed by atoms with Crippen molar-refractivity contribution >= 4 is 5.97 Å². The first-order valence-corrected chi connectivity index (χ1v) is 5.36. The van der Waals surface area contributed by atoms with E-state index in [9.17, 15) is 9.18 Å². The first kappa shape index (κ1) is 12.1. The lowest BCUT2D eigenvalue weighted by Crippen LogP contribution is -1.99. The van der Waals surface area contributed by atoms with E-state index in [1.165, 1.54) is 24.3 Å². The van der Waals surface area contributed by atoms with Gasteiger partial charge in [-0.05, 0) is 29.8 Å². The number of carboxylic acids is 1. The fourth-order valence-corrected chi connectivity index (χ4v) is 1.47. The Bertz CT molecular complexity index is 549. The summed E-state index contributed by atoms with van der Waals surface area (Å²) in [5.41, 5.74) is 1.05. The number of rotatable bonds is 4. The molecular formula is C14H11FO3. The van der Waals surface area contributed by atoms with Crippen molar-refractivity contribution in [3.05, 3.63) is 65.5 Å². The molecule has 0 aliphatic carbocycles. The summed E-state index contributed by atoms with van der Waals surface area (Å²) in [6, 6.07) is 12.2. The number of hydrogen-bond acceptors (Lipinski definition) is 2. The molecule has 0 saturated heterocycles. The van der Waals surface area contributed by atoms with Gasteiger partial charge >= 0.3 is 5.97 Å². The second-order valence-electron chi connectivity index (χ2n) is 3.75. The van der Waals surface area contributed by atoms with Crippen LogP contribution in [0.15, 0.2) is 48.5 Å². The van der Waals surface area contributed by atoms with Gasteiger partial charge in [-0.1, -0.05) is 18.2 Å². The van der Waals surface area contributed by atoms with Crippen LogP contribution in [0.25, 0.3) is 0 Å². The molecule has 0 amide bonds. The molecule has 18 heavy (non-hydrogen) atoms. The van der Waals surface area contributed by atoms with Crippen molar-refractivity contribution in [2.75, 3.05) is 0 Å². The Morgan fingerprint density at radius 2 is 1.89 bits per heavy atom. The predicted octanol–water partition coefficient (Wildman–Crippen LogP) is 3.10. The summed E-state index contributed by atoms with van der Waals surface area (Å²) in [5, 5.41) is 8.74. The van der Waals surface area contributed by atoms with Crippen molar-refractivity contribution in [3.8, 4) is 5.75 Å². The monoisotopic (exact) mass is 246 g/mol. The lowest BCUT2D eigenvalue weighted by molar-refractivity contribution is 0.0697. The van der Waals surface area contributed by atoms with Crippen LogP contribution < -0.4 is 4.74 Å². The molecular weight excluding hydrogens is 235 g/mol. The van der Waals surface area contributed by atoms with Gasteiger partial charge in [0.05, 0.1) is 5.56 Å². The lowest BCUT2D eigenvalue weighted by Gasteiger charge is -2.06. The molecule has 0 aliphatic rings. The van der Waals surface area contributed by atoms with Gasteiger partial charge in [-0.3, -0.25) is 0 Å². The molecule has 0 atom stereocenters. The van der Waals surface area contributed by atoms with Crippen LogP contribution in [0.5, 0.6) is 5.75 Å². The molecule has 0 saturated carbocycles. The number of aromatic carboxylic acids is 1. The van der Waals surface area contributed by atoms with Gasteiger partial charge in [-0.25, -0.2) is 9.18 Å². The fraction of sp³-hybridized carbons (Fsp3) is 0.0714. The standard InChI is InChI=1S/C14H11FO3/c15-12-2-1-3-13(8-12)18-9-10-4-6-11(7-5-10)14(16)17/h1-8H,9H2,(H,16,17). The molecule has 0 radical (unpaired) electrons. The lowest BCUT2D eigenvalue weighted by atomic mass is 10.1. The van der Waals surface area contributed by atoms with Gasteiger partial charge in [0, 0.05) is 6.07 Å². The van der Waals surface area contributed by atoms with Crippen LogP contribution in [0, 0.1) is 5.82 Å². The van der Waals surface area contributed by atoms with Crippen LogP contribution >= 0.6 is 0 Å². The van der Waals surface area contributed by atoms with E-state index in [4.69, 9.17) is 9.84 Å². The van der Waals surface area contributed by atoms with Crippen molar-refractivity contribution in [2.45, 2.75) is 6.61 Å². The molecule has 0 heterocycles. The first-order chi connectivity index (χ1) is 8.65. The smallest absolute Gasteiger partial charge is 0.335 e. The zero-order valence-corrected chi connectivity index (χ0v) is 9.47. The van der Waals surface area contributed by atoms with E-state index in [-0.39, 0.29) is 18.0 Å². The highest BCUT2D eigenvalue weighted by Gasteiger charge is 2.02. The van der Waals surface area contributed by atoms with Crippen LogP contribution in [-0.2, 0) is 6.61 Å². The van der Waals surface area contributed by atoms with E-state index in [1.54, 1.807) is 24.3 Å². The molecule has 2 aromatic rings. The van der Waals surface area contributed by atoms with Crippen LogP contribution in [0.2, 0.25) is 0 Å². The maximum Gasteiger partial charge on any atom is 0.335 e. The molecule has 3 nitrogen and oxygen atoms in total. The molecule has 0 unspecified atom stereocenters. The highest BCUT2D eigenvalue weighted by Crippen LogP contribution is 2.14. The molecule has 2 rings (SSSR count). The van der Waals surface area contributed by atoms with Gasteiger partial charge in [0.1, 0.15) is 18.2 Å². The number of carboxylic acid groups (broad SMARTS) is 1. The van der Waals surface area contributed by atoms with Crippen molar-refractivity contribution in [3.63, 3.8) is 0 Å². The molecule has 2 aromatic carbocycles. The number of ether oxygens (including phenoxy) is 1. The highest BCUT2D eigenvalue weighted by atomic mass is 19.1. The van der Waals surface area contributed by atoms with E-state index >= 15 is 0 Å². The Labute approximate surface area is 103 Å². The normalized spacial score (nSPS) is 10.1. The van der Waals surface area contributed by atoms with E-state index in [0.717, 1.165) is 5.56 Å². The SMILES string of the molecule is O=C(O)c1ccc(COc2cccc(F)c2)cc1. The van der Waals surface area contributed by atoms with Gasteiger partial charge in [-0.2, -0.15) is 0 Å². The van der Waals surface area contributed by atoms with E-state index in [1.807, 2.05) is 0 Å². The average molecular weight is 246 g/mol. The van der Waals surface area contributed by atoms with Crippen LogP contribution in [0.1, 0.15) is 15.9 Å². The minimum absolute atomic E-state index is 0.226. The number of carbonyl (C=O) groups is 1. The number of hydrogen-bond donors (Lipinski definition) is 1. The quantitative estimate of drug-likeness (QED) is 0.901. The molecule has 0 bridgehead atoms. The maximum absolute atomic E-state index is 12.9. The Morgan fingerprint density at radius 3 is 2.50 bits per heavy atom. The number of halogens is 1. The van der Waals surface area contributed by atoms with Crippen molar-refractivity contribution in [2.24, 2.45) is 0 Å². The Balaban J connectivity index is 2.00. The minimum atomic E-state index is -0.965. The Hall–Kier alpha value is -2.36. The zero-order valence-electron chi connectivity index (χ0n) is 9.47. The Morgan fingerprint density at radius 1 is 1.17 bits per heavy atom. The van der Waals surface area contributed by atoms with E-state index < -0.39 is 5.97 Å². The third-order valence-electron chi connectivity index (χ3n) is 2.40.